The third-order valence-electron chi connectivity index (χ3n) is 2.71. The van der Waals surface area contributed by atoms with Crippen LogP contribution in [-0.2, 0) is 0 Å². The summed E-state index contributed by atoms with van der Waals surface area (Å²) in [6.45, 7) is 0.881. The first-order valence-corrected chi connectivity index (χ1v) is 5.16. The fourth-order valence-corrected chi connectivity index (χ4v) is 1.70. The predicted molar refractivity (Wildman–Crippen MR) is 58.9 cm³/mol. The first-order valence-electron chi connectivity index (χ1n) is 5.16. The topological polar surface area (TPSA) is 83.6 Å². The average Bonchev–Trinajstić information content (AvgIpc) is 2.28. The van der Waals surface area contributed by atoms with Gasteiger partial charge < -0.3 is 10.2 Å². The summed E-state index contributed by atoms with van der Waals surface area (Å²) < 4.78 is 13.1. The Bertz CT molecular complexity index is 410. The summed E-state index contributed by atoms with van der Waals surface area (Å²) in [5.41, 5.74) is 0.156. The van der Waals surface area contributed by atoms with Crippen LogP contribution in [0.2, 0.25) is 0 Å². The molecule has 6 heteroatoms. The number of phenolic OH excluding ortho intramolecular Hbond substituents is 1. The number of rotatable bonds is 5. The molecule has 0 amide bonds. The maximum Gasteiger partial charge on any atom is 0.211 e. The third-order valence-corrected chi connectivity index (χ3v) is 2.71. The molecule has 0 saturated carbocycles. The third kappa shape index (κ3) is 3.39. The van der Waals surface area contributed by atoms with Crippen LogP contribution in [0.15, 0.2) is 18.2 Å². The van der Waals surface area contributed by atoms with Crippen LogP contribution in [-0.4, -0.2) is 28.3 Å². The van der Waals surface area contributed by atoms with Gasteiger partial charge in [-0.3, -0.25) is 10.1 Å². The Morgan fingerprint density at radius 3 is 2.71 bits per heavy atom. The monoisotopic (exact) mass is 243 g/mol. The van der Waals surface area contributed by atoms with Crippen molar-refractivity contribution in [1.29, 1.82) is 0 Å². The Kier molecular flexibility index (Phi) is 4.39. The Labute approximate surface area is 97.7 Å². The molecule has 0 heterocycles. The van der Waals surface area contributed by atoms with E-state index in [1.54, 1.807) is 6.92 Å². The van der Waals surface area contributed by atoms with Crippen LogP contribution in [0.1, 0.15) is 18.4 Å². The molecule has 94 valence electrons. The van der Waals surface area contributed by atoms with Gasteiger partial charge in [-0.2, -0.15) is 0 Å². The minimum absolute atomic E-state index is 0.156. The SMILES string of the molecule is CC(CO)C(C[N+](=O)[O-])c1cc(F)ccc1O. The lowest BCUT2D eigenvalue weighted by Crippen LogP contribution is -2.22. The molecule has 0 aliphatic carbocycles. The largest absolute Gasteiger partial charge is 0.508 e. The van der Waals surface area contributed by atoms with Gasteiger partial charge in [0.05, 0.1) is 5.92 Å². The van der Waals surface area contributed by atoms with Crippen LogP contribution >= 0.6 is 0 Å². The van der Waals surface area contributed by atoms with Crippen LogP contribution < -0.4 is 0 Å². The number of halogens is 1. The number of phenols is 1. The molecule has 0 fully saturated rings. The summed E-state index contributed by atoms with van der Waals surface area (Å²) in [4.78, 5) is 10.0. The first kappa shape index (κ1) is 13.4. The van der Waals surface area contributed by atoms with Gasteiger partial charge in [-0.25, -0.2) is 4.39 Å². The van der Waals surface area contributed by atoms with Crippen molar-refractivity contribution in [3.05, 3.63) is 39.7 Å². The van der Waals surface area contributed by atoms with Crippen LogP contribution in [0.4, 0.5) is 4.39 Å². The van der Waals surface area contributed by atoms with Gasteiger partial charge in [0.1, 0.15) is 11.6 Å². The molecule has 0 radical (unpaired) electrons. The highest BCUT2D eigenvalue weighted by Crippen LogP contribution is 2.32. The lowest BCUT2D eigenvalue weighted by molar-refractivity contribution is -0.485. The van der Waals surface area contributed by atoms with Gasteiger partial charge in [0, 0.05) is 17.1 Å². The summed E-state index contributed by atoms with van der Waals surface area (Å²) >= 11 is 0. The molecule has 0 aliphatic heterocycles. The average molecular weight is 243 g/mol. The first-order chi connectivity index (χ1) is 7.95. The van der Waals surface area contributed by atoms with Gasteiger partial charge in [0.25, 0.3) is 0 Å². The summed E-state index contributed by atoms with van der Waals surface area (Å²) in [5.74, 6) is -1.92. The highest BCUT2D eigenvalue weighted by Gasteiger charge is 2.27. The minimum atomic E-state index is -0.717. The second-order valence-electron chi connectivity index (χ2n) is 3.98. The molecule has 1 aromatic rings. The molecule has 1 aromatic carbocycles. The van der Waals surface area contributed by atoms with Crippen molar-refractivity contribution in [2.45, 2.75) is 12.8 Å². The van der Waals surface area contributed by atoms with Gasteiger partial charge in [0.15, 0.2) is 0 Å². The highest BCUT2D eigenvalue weighted by atomic mass is 19.1. The number of benzene rings is 1. The van der Waals surface area contributed by atoms with Crippen molar-refractivity contribution in [3.8, 4) is 5.75 Å². The highest BCUT2D eigenvalue weighted by molar-refractivity contribution is 5.36. The van der Waals surface area contributed by atoms with Crippen LogP contribution in [0.25, 0.3) is 0 Å². The fraction of sp³-hybridized carbons (Fsp3) is 0.455. The van der Waals surface area contributed by atoms with Crippen molar-refractivity contribution < 1.29 is 19.5 Å². The van der Waals surface area contributed by atoms with E-state index >= 15 is 0 Å². The molecule has 0 aromatic heterocycles. The number of aromatic hydroxyl groups is 1. The normalized spacial score (nSPS) is 14.3. The molecule has 2 unspecified atom stereocenters. The molecule has 17 heavy (non-hydrogen) atoms. The van der Waals surface area contributed by atoms with Crippen molar-refractivity contribution in [1.82, 2.24) is 0 Å². The molecule has 2 N–H and O–H groups in total. The van der Waals surface area contributed by atoms with E-state index in [2.05, 4.69) is 0 Å². The number of nitro groups is 1. The van der Waals surface area contributed by atoms with Crippen LogP contribution in [0.3, 0.4) is 0 Å². The van der Waals surface area contributed by atoms with E-state index in [1.165, 1.54) is 0 Å². The molecular weight excluding hydrogens is 229 g/mol. The molecule has 0 aliphatic rings. The van der Waals surface area contributed by atoms with Gasteiger partial charge >= 0.3 is 0 Å². The number of nitrogens with zero attached hydrogens (tertiary/aromatic N) is 1. The number of hydrogen-bond acceptors (Lipinski definition) is 4. The Balaban J connectivity index is 3.11. The molecular formula is C11H14FNO4. The van der Waals surface area contributed by atoms with Crippen molar-refractivity contribution in [3.63, 3.8) is 0 Å². The van der Waals surface area contributed by atoms with E-state index < -0.39 is 29.1 Å². The Hall–Kier alpha value is -1.69. The smallest absolute Gasteiger partial charge is 0.211 e. The number of aliphatic hydroxyl groups excluding tert-OH is 1. The standard InChI is InChI=1S/C11H14FNO4/c1-7(6-14)10(5-13(16)17)9-4-8(12)2-3-11(9)15/h2-4,7,10,14-15H,5-6H2,1H3. The maximum atomic E-state index is 13.1. The summed E-state index contributed by atoms with van der Waals surface area (Å²) in [5, 5.41) is 29.2. The van der Waals surface area contributed by atoms with Gasteiger partial charge in [-0.05, 0) is 24.1 Å². The van der Waals surface area contributed by atoms with Gasteiger partial charge in [-0.1, -0.05) is 6.92 Å². The van der Waals surface area contributed by atoms with Crippen LogP contribution in [0, 0.1) is 21.8 Å². The molecule has 0 saturated heterocycles. The van der Waals surface area contributed by atoms with Gasteiger partial charge in [0.2, 0.25) is 6.54 Å². The lowest BCUT2D eigenvalue weighted by atomic mass is 9.87. The zero-order chi connectivity index (χ0) is 13.0. The summed E-state index contributed by atoms with van der Waals surface area (Å²) in [6.07, 6.45) is 0. The second kappa shape index (κ2) is 5.58. The second-order valence-corrected chi connectivity index (χ2v) is 3.98. The van der Waals surface area contributed by atoms with E-state index in [4.69, 9.17) is 5.11 Å². The van der Waals surface area contributed by atoms with E-state index in [1.807, 2.05) is 0 Å². The molecule has 2 atom stereocenters. The zero-order valence-electron chi connectivity index (χ0n) is 9.34. The number of hydrogen-bond donors (Lipinski definition) is 2. The molecule has 1 rings (SSSR count). The van der Waals surface area contributed by atoms with E-state index in [-0.39, 0.29) is 17.9 Å². The van der Waals surface area contributed by atoms with E-state index in [9.17, 15) is 19.6 Å². The van der Waals surface area contributed by atoms with Crippen molar-refractivity contribution >= 4 is 0 Å². The minimum Gasteiger partial charge on any atom is -0.508 e. The molecule has 0 bridgehead atoms. The van der Waals surface area contributed by atoms with E-state index in [0.29, 0.717) is 0 Å². The fourth-order valence-electron chi connectivity index (χ4n) is 1.70. The Morgan fingerprint density at radius 2 is 2.18 bits per heavy atom. The Morgan fingerprint density at radius 1 is 1.53 bits per heavy atom. The molecule has 0 spiro atoms. The molecule has 5 nitrogen and oxygen atoms in total. The lowest BCUT2D eigenvalue weighted by Gasteiger charge is -2.19. The van der Waals surface area contributed by atoms with Crippen molar-refractivity contribution in [2.75, 3.05) is 13.2 Å². The maximum absolute atomic E-state index is 13.1. The predicted octanol–water partition coefficient (Wildman–Crippen LogP) is 1.52. The quantitative estimate of drug-likeness (QED) is 0.606. The summed E-state index contributed by atoms with van der Waals surface area (Å²) in [6, 6.07) is 3.29. The summed E-state index contributed by atoms with van der Waals surface area (Å²) in [7, 11) is 0. The zero-order valence-corrected chi connectivity index (χ0v) is 9.34. The van der Waals surface area contributed by atoms with Crippen LogP contribution in [0.5, 0.6) is 5.75 Å². The number of aliphatic hydroxyl groups is 1. The van der Waals surface area contributed by atoms with Gasteiger partial charge in [-0.15, -0.1) is 0 Å². The van der Waals surface area contributed by atoms with E-state index in [0.717, 1.165) is 18.2 Å². The van der Waals surface area contributed by atoms with Crippen molar-refractivity contribution in [2.24, 2.45) is 5.92 Å².